The third kappa shape index (κ3) is 3.68. The van der Waals surface area contributed by atoms with E-state index in [1.165, 1.54) is 0 Å². The second-order valence-electron chi connectivity index (χ2n) is 4.38. The lowest BCUT2D eigenvalue weighted by Gasteiger charge is -2.04. The number of rotatable bonds is 4. The van der Waals surface area contributed by atoms with Gasteiger partial charge in [0.15, 0.2) is 0 Å². The first kappa shape index (κ1) is 14.8. The van der Waals surface area contributed by atoms with Gasteiger partial charge in [-0.1, -0.05) is 48.6 Å². The molecule has 2 aromatic rings. The fourth-order valence-electron chi connectivity index (χ4n) is 1.88. The molecule has 0 saturated carbocycles. The molecule has 0 aliphatic heterocycles. The van der Waals surface area contributed by atoms with Crippen LogP contribution >= 0.6 is 12.2 Å². The Morgan fingerprint density at radius 2 is 1.62 bits per heavy atom. The molecule has 2 rings (SSSR count). The predicted octanol–water partition coefficient (Wildman–Crippen LogP) is 3.56. The molecule has 0 fully saturated rings. The fraction of sp³-hybridized carbons (Fsp3) is 0.0588. The molecular formula is C17H14N2OS. The molecule has 0 radical (unpaired) electrons. The van der Waals surface area contributed by atoms with E-state index < -0.39 is 0 Å². The van der Waals surface area contributed by atoms with E-state index in [0.717, 1.165) is 22.4 Å². The van der Waals surface area contributed by atoms with E-state index in [4.69, 9.17) is 28.0 Å². The number of hydrogen-bond donors (Lipinski definition) is 1. The molecule has 0 saturated heterocycles. The number of methoxy groups -OCH3 is 1. The Hall–Kier alpha value is -2.64. The van der Waals surface area contributed by atoms with Gasteiger partial charge in [0, 0.05) is 0 Å². The zero-order chi connectivity index (χ0) is 15.2. The van der Waals surface area contributed by atoms with E-state index in [0.29, 0.717) is 5.57 Å². The summed E-state index contributed by atoms with van der Waals surface area (Å²) in [5.74, 6) is 0.827. The highest BCUT2D eigenvalue weighted by molar-refractivity contribution is 7.80. The summed E-state index contributed by atoms with van der Waals surface area (Å²) in [7, 11) is 1.64. The molecule has 0 aromatic heterocycles. The third-order valence-electron chi connectivity index (χ3n) is 3.03. The maximum absolute atomic E-state index is 8.94. The van der Waals surface area contributed by atoms with Crippen LogP contribution in [0.25, 0.3) is 17.2 Å². The third-order valence-corrected chi connectivity index (χ3v) is 3.25. The number of nitrogens with zero attached hydrogens (tertiary/aromatic N) is 1. The number of nitrogens with two attached hydrogens (primary N) is 1. The van der Waals surface area contributed by atoms with E-state index in [1.807, 2.05) is 54.6 Å². The molecule has 0 unspecified atom stereocenters. The standard InChI is InChI=1S/C17H14N2OS/c1-20-16-8-6-14(7-9-16)13-4-2-12(3-5-13)10-15(11-18)17(19)21/h2-10H,1H3,(H2,19,21). The van der Waals surface area contributed by atoms with Crippen LogP contribution in [0.4, 0.5) is 0 Å². The predicted molar refractivity (Wildman–Crippen MR) is 88.8 cm³/mol. The van der Waals surface area contributed by atoms with Gasteiger partial charge in [-0.15, -0.1) is 0 Å². The molecule has 2 aromatic carbocycles. The van der Waals surface area contributed by atoms with Gasteiger partial charge in [-0.2, -0.15) is 5.26 Å². The Bertz CT molecular complexity index is 710. The molecular weight excluding hydrogens is 280 g/mol. The summed E-state index contributed by atoms with van der Waals surface area (Å²) >= 11 is 4.82. The number of hydrogen-bond acceptors (Lipinski definition) is 3. The molecule has 3 nitrogen and oxygen atoms in total. The van der Waals surface area contributed by atoms with Crippen molar-refractivity contribution in [3.8, 4) is 22.9 Å². The van der Waals surface area contributed by atoms with Gasteiger partial charge < -0.3 is 10.5 Å². The van der Waals surface area contributed by atoms with E-state index in [9.17, 15) is 0 Å². The van der Waals surface area contributed by atoms with Crippen molar-refractivity contribution < 1.29 is 4.74 Å². The van der Waals surface area contributed by atoms with Gasteiger partial charge in [0.25, 0.3) is 0 Å². The largest absolute Gasteiger partial charge is 0.497 e. The van der Waals surface area contributed by atoms with Crippen LogP contribution in [0.1, 0.15) is 5.56 Å². The Morgan fingerprint density at radius 3 is 2.05 bits per heavy atom. The van der Waals surface area contributed by atoms with Crippen LogP contribution in [0.2, 0.25) is 0 Å². The van der Waals surface area contributed by atoms with Crippen molar-refractivity contribution in [2.75, 3.05) is 7.11 Å². The summed E-state index contributed by atoms with van der Waals surface area (Å²) in [5, 5.41) is 8.94. The number of thiocarbonyl (C=S) groups is 1. The fourth-order valence-corrected chi connectivity index (χ4v) is 1.99. The minimum Gasteiger partial charge on any atom is -0.497 e. The number of ether oxygens (including phenoxy) is 1. The second-order valence-corrected chi connectivity index (χ2v) is 4.82. The highest BCUT2D eigenvalue weighted by Crippen LogP contribution is 2.23. The van der Waals surface area contributed by atoms with Gasteiger partial charge >= 0.3 is 0 Å². The van der Waals surface area contributed by atoms with E-state index in [-0.39, 0.29) is 4.99 Å². The van der Waals surface area contributed by atoms with Crippen LogP contribution < -0.4 is 10.5 Å². The minimum absolute atomic E-state index is 0.108. The highest BCUT2D eigenvalue weighted by Gasteiger charge is 2.01. The van der Waals surface area contributed by atoms with Gasteiger partial charge in [-0.25, -0.2) is 0 Å². The van der Waals surface area contributed by atoms with Crippen LogP contribution in [0, 0.1) is 11.3 Å². The van der Waals surface area contributed by atoms with Crippen molar-refractivity contribution in [1.82, 2.24) is 0 Å². The van der Waals surface area contributed by atoms with Crippen molar-refractivity contribution in [2.24, 2.45) is 5.73 Å². The van der Waals surface area contributed by atoms with Gasteiger partial charge in [-0.05, 0) is 34.9 Å². The summed E-state index contributed by atoms with van der Waals surface area (Å²) < 4.78 is 5.14. The summed E-state index contributed by atoms with van der Waals surface area (Å²) in [5.41, 5.74) is 8.85. The molecule has 104 valence electrons. The SMILES string of the molecule is COc1ccc(-c2ccc(C=C(C#N)C(N)=S)cc2)cc1. The lowest BCUT2D eigenvalue weighted by atomic mass is 10.0. The van der Waals surface area contributed by atoms with Gasteiger partial charge in [0.1, 0.15) is 16.8 Å². The van der Waals surface area contributed by atoms with Crippen LogP contribution in [0.3, 0.4) is 0 Å². The average Bonchev–Trinajstić information content (AvgIpc) is 2.53. The summed E-state index contributed by atoms with van der Waals surface area (Å²) in [4.78, 5) is 0.108. The molecule has 0 aliphatic rings. The highest BCUT2D eigenvalue weighted by atomic mass is 32.1. The van der Waals surface area contributed by atoms with Gasteiger partial charge in [0.2, 0.25) is 0 Å². The molecule has 0 aliphatic carbocycles. The van der Waals surface area contributed by atoms with Crippen molar-refractivity contribution in [3.63, 3.8) is 0 Å². The molecule has 0 atom stereocenters. The topological polar surface area (TPSA) is 59.0 Å². The monoisotopic (exact) mass is 294 g/mol. The van der Waals surface area contributed by atoms with Crippen molar-refractivity contribution in [3.05, 3.63) is 59.7 Å². The summed E-state index contributed by atoms with van der Waals surface area (Å²) in [6.07, 6.45) is 1.68. The van der Waals surface area contributed by atoms with Crippen LogP contribution in [-0.4, -0.2) is 12.1 Å². The van der Waals surface area contributed by atoms with E-state index in [2.05, 4.69) is 0 Å². The van der Waals surface area contributed by atoms with E-state index >= 15 is 0 Å². The Morgan fingerprint density at radius 1 is 1.10 bits per heavy atom. The van der Waals surface area contributed by atoms with Crippen LogP contribution in [0.15, 0.2) is 54.1 Å². The van der Waals surface area contributed by atoms with Crippen molar-refractivity contribution in [2.45, 2.75) is 0 Å². The van der Waals surface area contributed by atoms with Gasteiger partial charge in [0.05, 0.1) is 12.7 Å². The zero-order valence-electron chi connectivity index (χ0n) is 11.5. The van der Waals surface area contributed by atoms with Crippen molar-refractivity contribution in [1.29, 1.82) is 5.26 Å². The first-order chi connectivity index (χ1) is 10.1. The van der Waals surface area contributed by atoms with Gasteiger partial charge in [-0.3, -0.25) is 0 Å². The first-order valence-electron chi connectivity index (χ1n) is 6.30. The molecule has 0 amide bonds. The minimum atomic E-state index is 0.108. The Labute approximate surface area is 129 Å². The Balaban J connectivity index is 2.26. The molecule has 0 heterocycles. The number of benzene rings is 2. The number of nitriles is 1. The summed E-state index contributed by atoms with van der Waals surface area (Å²) in [6.45, 7) is 0. The van der Waals surface area contributed by atoms with Crippen LogP contribution in [-0.2, 0) is 0 Å². The molecule has 0 bridgehead atoms. The molecule has 0 spiro atoms. The van der Waals surface area contributed by atoms with Crippen LogP contribution in [0.5, 0.6) is 5.75 Å². The first-order valence-corrected chi connectivity index (χ1v) is 6.71. The lowest BCUT2D eigenvalue weighted by Crippen LogP contribution is -2.09. The lowest BCUT2D eigenvalue weighted by molar-refractivity contribution is 0.415. The Kier molecular flexibility index (Phi) is 4.70. The maximum atomic E-state index is 8.94. The molecule has 21 heavy (non-hydrogen) atoms. The second kappa shape index (κ2) is 6.69. The normalized spacial score (nSPS) is 10.8. The van der Waals surface area contributed by atoms with E-state index in [1.54, 1.807) is 13.2 Å². The molecule has 4 heteroatoms. The smallest absolute Gasteiger partial charge is 0.118 e. The molecule has 2 N–H and O–H groups in total. The van der Waals surface area contributed by atoms with Crippen molar-refractivity contribution >= 4 is 23.3 Å². The maximum Gasteiger partial charge on any atom is 0.118 e. The quantitative estimate of drug-likeness (QED) is 0.532. The average molecular weight is 294 g/mol. The summed E-state index contributed by atoms with van der Waals surface area (Å²) in [6, 6.07) is 17.7. The zero-order valence-corrected chi connectivity index (χ0v) is 12.4.